The van der Waals surface area contributed by atoms with Crippen LogP contribution in [-0.2, 0) is 4.79 Å². The Morgan fingerprint density at radius 2 is 1.79 bits per heavy atom. The number of benzene rings is 3. The molecule has 5 heteroatoms. The lowest BCUT2D eigenvalue weighted by atomic mass is 9.99. The number of amides is 2. The number of carbonyl (C=O) groups excluding carboxylic acids is 2. The van der Waals surface area contributed by atoms with Crippen molar-refractivity contribution in [2.75, 3.05) is 18.9 Å². The van der Waals surface area contributed by atoms with E-state index in [1.165, 1.54) is 0 Å². The van der Waals surface area contributed by atoms with Crippen molar-refractivity contribution in [1.82, 2.24) is 10.2 Å². The maximum atomic E-state index is 13.2. The third-order valence-electron chi connectivity index (χ3n) is 6.71. The van der Waals surface area contributed by atoms with Crippen LogP contribution in [0.1, 0.15) is 60.1 Å². The Labute approximate surface area is 196 Å². The highest BCUT2D eigenvalue weighted by Gasteiger charge is 2.25. The third kappa shape index (κ3) is 5.25. The molecule has 2 atom stereocenters. The van der Waals surface area contributed by atoms with Gasteiger partial charge in [-0.3, -0.25) is 14.5 Å². The maximum Gasteiger partial charge on any atom is 0.252 e. The van der Waals surface area contributed by atoms with E-state index in [-0.39, 0.29) is 23.9 Å². The van der Waals surface area contributed by atoms with Crippen molar-refractivity contribution in [3.8, 4) is 0 Å². The molecule has 2 amide bonds. The molecule has 1 aliphatic rings. The topological polar surface area (TPSA) is 61.4 Å². The van der Waals surface area contributed by atoms with Crippen LogP contribution in [0.4, 0.5) is 5.69 Å². The number of hydrogen-bond acceptors (Lipinski definition) is 3. The van der Waals surface area contributed by atoms with Crippen LogP contribution in [0, 0.1) is 6.92 Å². The van der Waals surface area contributed by atoms with Gasteiger partial charge in [-0.2, -0.15) is 0 Å². The highest BCUT2D eigenvalue weighted by Crippen LogP contribution is 2.25. The molecule has 1 heterocycles. The minimum absolute atomic E-state index is 0.00117. The monoisotopic (exact) mass is 443 g/mol. The number of hydrogen-bond donors (Lipinski definition) is 2. The van der Waals surface area contributed by atoms with Crippen LogP contribution in [-0.4, -0.2) is 36.3 Å². The number of rotatable bonds is 5. The first-order chi connectivity index (χ1) is 15.9. The van der Waals surface area contributed by atoms with Gasteiger partial charge in [0.15, 0.2) is 0 Å². The number of anilines is 1. The average Bonchev–Trinajstić information content (AvgIpc) is 3.04. The largest absolute Gasteiger partial charge is 0.345 e. The molecule has 2 N–H and O–H groups in total. The summed E-state index contributed by atoms with van der Waals surface area (Å²) in [5, 5.41) is 8.48. The Kier molecular flexibility index (Phi) is 7.09. The summed E-state index contributed by atoms with van der Waals surface area (Å²) in [7, 11) is 2.01. The average molecular weight is 444 g/mol. The van der Waals surface area contributed by atoms with E-state index in [0.29, 0.717) is 11.3 Å². The molecule has 0 radical (unpaired) electrons. The lowest BCUT2D eigenvalue weighted by Crippen LogP contribution is -2.41. The van der Waals surface area contributed by atoms with E-state index >= 15 is 0 Å². The fourth-order valence-corrected chi connectivity index (χ4v) is 4.73. The third-order valence-corrected chi connectivity index (χ3v) is 6.71. The Hall–Kier alpha value is -3.18. The molecule has 0 saturated carbocycles. The second-order valence-corrected chi connectivity index (χ2v) is 9.13. The molecule has 1 saturated heterocycles. The Morgan fingerprint density at radius 3 is 2.64 bits per heavy atom. The van der Waals surface area contributed by atoms with Crippen molar-refractivity contribution in [2.24, 2.45) is 0 Å². The molecular formula is C28H33N3O2. The fraction of sp³-hybridized carbons (Fsp3) is 0.357. The molecule has 0 spiro atoms. The van der Waals surface area contributed by atoms with Crippen molar-refractivity contribution in [3.05, 3.63) is 77.4 Å². The first-order valence-electron chi connectivity index (χ1n) is 11.8. The van der Waals surface area contributed by atoms with Crippen LogP contribution in [0.15, 0.2) is 60.7 Å². The van der Waals surface area contributed by atoms with Crippen molar-refractivity contribution in [2.45, 2.75) is 51.6 Å². The van der Waals surface area contributed by atoms with Gasteiger partial charge in [-0.25, -0.2) is 0 Å². The van der Waals surface area contributed by atoms with Crippen molar-refractivity contribution in [1.29, 1.82) is 0 Å². The van der Waals surface area contributed by atoms with Crippen molar-refractivity contribution >= 4 is 28.3 Å². The number of aryl methyl sites for hydroxylation is 1. The molecule has 0 aliphatic carbocycles. The molecule has 4 rings (SSSR count). The number of fused-ring (bicyclic) bond motifs is 1. The zero-order chi connectivity index (χ0) is 23.4. The van der Waals surface area contributed by atoms with E-state index in [1.54, 1.807) is 6.07 Å². The molecule has 0 aromatic heterocycles. The van der Waals surface area contributed by atoms with E-state index < -0.39 is 0 Å². The van der Waals surface area contributed by atoms with Crippen LogP contribution >= 0.6 is 0 Å². The molecule has 1 aliphatic heterocycles. The maximum absolute atomic E-state index is 13.2. The minimum Gasteiger partial charge on any atom is -0.345 e. The first-order valence-corrected chi connectivity index (χ1v) is 11.8. The van der Waals surface area contributed by atoms with Crippen LogP contribution in [0.2, 0.25) is 0 Å². The predicted molar refractivity (Wildman–Crippen MR) is 135 cm³/mol. The van der Waals surface area contributed by atoms with Gasteiger partial charge in [-0.15, -0.1) is 0 Å². The van der Waals surface area contributed by atoms with Gasteiger partial charge in [0.1, 0.15) is 0 Å². The van der Waals surface area contributed by atoms with Crippen LogP contribution < -0.4 is 10.6 Å². The molecule has 1 fully saturated rings. The van der Waals surface area contributed by atoms with E-state index in [2.05, 4.69) is 39.8 Å². The highest BCUT2D eigenvalue weighted by atomic mass is 16.2. The highest BCUT2D eigenvalue weighted by molar-refractivity contribution is 6.00. The standard InChI is InChI=1S/C28H33N3O2/c1-19-15-16-22(30-28(33)26-14-5-4-8-17-31(26)3)18-25(19)27(32)29-20(2)23-13-9-11-21-10-6-7-12-24(21)23/h6-7,9-13,15-16,18,20,26H,4-5,8,14,17H2,1-3H3,(H,29,32)(H,30,33)/t20-,26+/m1/s1. The predicted octanol–water partition coefficient (Wildman–Crippen LogP) is 5.45. The lowest BCUT2D eigenvalue weighted by molar-refractivity contribution is -0.120. The number of likely N-dealkylation sites (tertiary alicyclic amines) is 1. The fourth-order valence-electron chi connectivity index (χ4n) is 4.73. The van der Waals surface area contributed by atoms with Gasteiger partial charge in [0.05, 0.1) is 12.1 Å². The normalized spacial score (nSPS) is 17.8. The van der Waals surface area contributed by atoms with E-state index in [0.717, 1.165) is 54.1 Å². The Balaban J connectivity index is 1.50. The van der Waals surface area contributed by atoms with E-state index in [4.69, 9.17) is 0 Å². The van der Waals surface area contributed by atoms with Crippen LogP contribution in [0.25, 0.3) is 10.8 Å². The molecule has 0 unspecified atom stereocenters. The number of likely N-dealkylation sites (N-methyl/N-ethyl adjacent to an activating group) is 1. The molecule has 0 bridgehead atoms. The van der Waals surface area contributed by atoms with Gasteiger partial charge in [0.2, 0.25) is 5.91 Å². The van der Waals surface area contributed by atoms with Gasteiger partial charge in [-0.1, -0.05) is 61.4 Å². The molecule has 33 heavy (non-hydrogen) atoms. The molecule has 3 aromatic carbocycles. The smallest absolute Gasteiger partial charge is 0.252 e. The molecule has 3 aromatic rings. The number of nitrogens with zero attached hydrogens (tertiary/aromatic N) is 1. The quantitative estimate of drug-likeness (QED) is 0.551. The summed E-state index contributed by atoms with van der Waals surface area (Å²) < 4.78 is 0. The van der Waals surface area contributed by atoms with Crippen molar-refractivity contribution < 1.29 is 9.59 Å². The second-order valence-electron chi connectivity index (χ2n) is 9.13. The van der Waals surface area contributed by atoms with Crippen LogP contribution in [0.3, 0.4) is 0 Å². The number of nitrogens with one attached hydrogen (secondary N) is 2. The second kappa shape index (κ2) is 10.2. The van der Waals surface area contributed by atoms with Gasteiger partial charge < -0.3 is 10.6 Å². The lowest BCUT2D eigenvalue weighted by Gasteiger charge is -2.24. The zero-order valence-corrected chi connectivity index (χ0v) is 19.7. The summed E-state index contributed by atoms with van der Waals surface area (Å²) in [6, 6.07) is 19.6. The molecule has 172 valence electrons. The molecule has 5 nitrogen and oxygen atoms in total. The van der Waals surface area contributed by atoms with E-state index in [1.807, 2.05) is 51.2 Å². The summed E-state index contributed by atoms with van der Waals surface area (Å²) in [5.41, 5.74) is 3.20. The van der Waals surface area contributed by atoms with Crippen LogP contribution in [0.5, 0.6) is 0 Å². The summed E-state index contributed by atoms with van der Waals surface area (Å²) in [6.45, 7) is 4.86. The first kappa shape index (κ1) is 23.0. The Morgan fingerprint density at radius 1 is 1.00 bits per heavy atom. The summed E-state index contributed by atoms with van der Waals surface area (Å²) >= 11 is 0. The zero-order valence-electron chi connectivity index (χ0n) is 19.7. The van der Waals surface area contributed by atoms with Gasteiger partial charge in [-0.05, 0) is 74.3 Å². The van der Waals surface area contributed by atoms with E-state index in [9.17, 15) is 9.59 Å². The minimum atomic E-state index is -0.152. The van der Waals surface area contributed by atoms with Gasteiger partial charge in [0.25, 0.3) is 5.91 Å². The summed E-state index contributed by atoms with van der Waals surface area (Å²) in [4.78, 5) is 28.3. The van der Waals surface area contributed by atoms with Gasteiger partial charge >= 0.3 is 0 Å². The summed E-state index contributed by atoms with van der Waals surface area (Å²) in [6.07, 6.45) is 4.22. The summed E-state index contributed by atoms with van der Waals surface area (Å²) in [5.74, 6) is -0.144. The SMILES string of the molecule is Cc1ccc(NC(=O)[C@@H]2CCCCCN2C)cc1C(=O)N[C@H](C)c1cccc2ccccc12. The molecular weight excluding hydrogens is 410 g/mol. The Bertz CT molecular complexity index is 1150. The van der Waals surface area contributed by atoms with Crippen molar-refractivity contribution in [3.63, 3.8) is 0 Å². The van der Waals surface area contributed by atoms with Gasteiger partial charge in [0, 0.05) is 11.3 Å². The number of carbonyl (C=O) groups is 2.